The largest absolute Gasteiger partial charge is 0.482 e. The average molecular weight is 510 g/mol. The zero-order chi connectivity index (χ0) is 14.9. The predicted molar refractivity (Wildman–Crippen MR) is 71.6 cm³/mol. The maximum atomic E-state index is 14.3. The summed E-state index contributed by atoms with van der Waals surface area (Å²) >= 11 is 0. The third-order valence-electron chi connectivity index (χ3n) is 2.84. The van der Waals surface area contributed by atoms with Crippen LogP contribution in [-0.4, -0.2) is 34.3 Å². The fourth-order valence-electron chi connectivity index (χ4n) is 1.96. The number of nitrogens with zero attached hydrogens (tertiary/aromatic N) is 2. The maximum Gasteiger partial charge on any atom is 0.320 e. The van der Waals surface area contributed by atoms with Gasteiger partial charge in [-0.3, -0.25) is 9.36 Å². The van der Waals surface area contributed by atoms with E-state index in [1.165, 1.54) is 0 Å². The smallest absolute Gasteiger partial charge is 0.320 e. The topological polar surface area (TPSA) is 86.4 Å². The van der Waals surface area contributed by atoms with Gasteiger partial charge in [0, 0.05) is 46.2 Å². The molecule has 0 amide bonds. The van der Waals surface area contributed by atoms with Crippen molar-refractivity contribution in [1.82, 2.24) is 9.55 Å². The third-order valence-corrected chi connectivity index (χ3v) is 3.33. The molecule has 2 heterocycles. The molecule has 1 fully saturated rings. The van der Waals surface area contributed by atoms with Crippen LogP contribution in [0.5, 0.6) is 0 Å². The van der Waals surface area contributed by atoms with Gasteiger partial charge < -0.3 is 24.5 Å². The molecule has 3 unspecified atom stereocenters. The first-order valence-electron chi connectivity index (χ1n) is 5.43. The van der Waals surface area contributed by atoms with Gasteiger partial charge in [-0.15, -0.1) is 0 Å². The molecule has 21 heavy (non-hydrogen) atoms. The summed E-state index contributed by atoms with van der Waals surface area (Å²) in [6.45, 7) is -0.144. The van der Waals surface area contributed by atoms with Crippen LogP contribution in [-0.2, 0) is 34.8 Å². The van der Waals surface area contributed by atoms with Gasteiger partial charge in [-0.05, 0) is 6.07 Å². The van der Waals surface area contributed by atoms with Crippen molar-refractivity contribution < 1.29 is 43.6 Å². The van der Waals surface area contributed by atoms with Crippen LogP contribution in [0.3, 0.4) is 0 Å². The molecule has 1 saturated heterocycles. The molecule has 1 aromatic heterocycles. The first-order valence-corrected chi connectivity index (χ1v) is 6.37. The summed E-state index contributed by atoms with van der Waals surface area (Å²) in [7, 11) is 3.69. The molecule has 0 aromatic carbocycles. The van der Waals surface area contributed by atoms with E-state index in [0.29, 0.717) is 4.57 Å². The summed E-state index contributed by atoms with van der Waals surface area (Å²) in [5.74, 6) is -3.76. The van der Waals surface area contributed by atoms with Gasteiger partial charge in [0.15, 0.2) is 6.10 Å². The number of nitrogens with one attached hydrogen (secondary N) is 1. The van der Waals surface area contributed by atoms with Gasteiger partial charge in [0.1, 0.15) is 6.10 Å². The van der Waals surface area contributed by atoms with Crippen molar-refractivity contribution in [2.24, 2.45) is 0 Å². The Labute approximate surface area is 137 Å². The van der Waals surface area contributed by atoms with Crippen LogP contribution in [0.1, 0.15) is 6.23 Å². The van der Waals surface area contributed by atoms with Crippen LogP contribution in [0.2, 0.25) is 0 Å². The molecule has 1 aliphatic rings. The summed E-state index contributed by atoms with van der Waals surface area (Å²) in [5.41, 5.74) is 6.19. The number of hydrogen-bond donors (Lipinski definition) is 0. The van der Waals surface area contributed by atoms with E-state index >= 15 is 0 Å². The molecule has 118 valence electrons. The van der Waals surface area contributed by atoms with E-state index in [9.17, 15) is 13.6 Å². The van der Waals surface area contributed by atoms with Crippen LogP contribution in [0.25, 0.3) is 5.73 Å². The van der Waals surface area contributed by atoms with E-state index in [-0.39, 0.29) is 33.5 Å². The Morgan fingerprint density at radius 3 is 2.71 bits per heavy atom. The second-order valence-corrected chi connectivity index (χ2v) is 4.70. The second-order valence-electron chi connectivity index (χ2n) is 4.09. The molecule has 5 atom stereocenters. The standard InChI is InChI=1S/C9H13F2N3O4P2.W/c10-9(11)6(18-20)4(3-16-19)17-7(9)14-2-1-5(12)13-8(14)15;/h1-2,4,6-7H,3,19-20H2,(H2,12,13,15);/p-1/t4-,6?,7-;/m1./s1. The van der Waals surface area contributed by atoms with Crippen molar-refractivity contribution in [3.05, 3.63) is 28.5 Å². The minimum Gasteiger partial charge on any atom is -0.482 e. The summed E-state index contributed by atoms with van der Waals surface area (Å²) < 4.78 is 43.7. The van der Waals surface area contributed by atoms with E-state index in [2.05, 4.69) is 9.51 Å². The molecular formula is C9H12F2N3O4P2W-. The number of ether oxygens (including phenoxy) is 1. The van der Waals surface area contributed by atoms with Gasteiger partial charge >= 0.3 is 5.92 Å². The van der Waals surface area contributed by atoms with Crippen LogP contribution in [0.4, 0.5) is 14.6 Å². The molecule has 7 nitrogen and oxygen atoms in total. The average Bonchev–Trinajstić information content (AvgIpc) is 2.61. The molecule has 0 spiro atoms. The molecule has 0 radical (unpaired) electrons. The molecule has 0 bridgehead atoms. The number of halogens is 2. The van der Waals surface area contributed by atoms with Crippen molar-refractivity contribution in [3.63, 3.8) is 0 Å². The summed E-state index contributed by atoms with van der Waals surface area (Å²) in [6, 6.07) is 1.12. The Bertz CT molecular complexity index is 550. The molecule has 1 aromatic rings. The van der Waals surface area contributed by atoms with Crippen LogP contribution in [0.15, 0.2) is 17.1 Å². The van der Waals surface area contributed by atoms with Crippen molar-refractivity contribution in [2.75, 3.05) is 6.61 Å². The number of alkyl halides is 2. The Hall–Kier alpha value is -0.0317. The normalized spacial score (nSPS) is 27.3. The molecule has 0 aliphatic carbocycles. The Morgan fingerprint density at radius 1 is 1.52 bits per heavy atom. The van der Waals surface area contributed by atoms with E-state index in [4.69, 9.17) is 15.0 Å². The Morgan fingerprint density at radius 2 is 2.19 bits per heavy atom. The summed E-state index contributed by atoms with van der Waals surface area (Å²) in [5, 5.41) is 0. The zero-order valence-corrected chi connectivity index (χ0v) is 15.7. The molecule has 0 saturated carbocycles. The molecular weight excluding hydrogens is 498 g/mol. The van der Waals surface area contributed by atoms with Gasteiger partial charge in [-0.2, -0.15) is 8.78 Å². The molecule has 12 heteroatoms. The van der Waals surface area contributed by atoms with E-state index < -0.39 is 30.0 Å². The fraction of sp³-hybridized carbons (Fsp3) is 0.556. The summed E-state index contributed by atoms with van der Waals surface area (Å²) in [6.07, 6.45) is -3.45. The Kier molecular flexibility index (Phi) is 6.78. The van der Waals surface area contributed by atoms with Crippen molar-refractivity contribution in [2.45, 2.75) is 24.4 Å². The first kappa shape index (κ1) is 19.0. The number of aromatic nitrogens is 2. The monoisotopic (exact) mass is 510 g/mol. The van der Waals surface area contributed by atoms with E-state index in [0.717, 1.165) is 12.3 Å². The van der Waals surface area contributed by atoms with Crippen molar-refractivity contribution in [1.29, 1.82) is 0 Å². The van der Waals surface area contributed by atoms with Crippen LogP contribution in [0, 0.1) is 0 Å². The van der Waals surface area contributed by atoms with Crippen LogP contribution < -0.4 is 5.69 Å². The molecule has 2 rings (SSSR count). The van der Waals surface area contributed by atoms with Gasteiger partial charge in [-0.25, -0.2) is 0 Å². The quantitative estimate of drug-likeness (QED) is 0.573. The first-order chi connectivity index (χ1) is 9.41. The number of rotatable bonds is 4. The second kappa shape index (κ2) is 7.49. The molecule has 1 N–H and O–H groups in total. The minimum absolute atomic E-state index is 0. The SMILES string of the molecule is [NH-]c1ccn([C@@H]2O[C@H](COP)C(OP)C2(F)F)c(=O)n1.[W]. The molecule has 1 aliphatic heterocycles. The fourth-order valence-corrected chi connectivity index (χ4v) is 2.50. The predicted octanol–water partition coefficient (Wildman–Crippen LogP) is 1.44. The zero-order valence-electron chi connectivity index (χ0n) is 10.4. The van der Waals surface area contributed by atoms with E-state index in [1.54, 1.807) is 9.47 Å². The van der Waals surface area contributed by atoms with Gasteiger partial charge in [-0.1, -0.05) is 5.82 Å². The Balaban J connectivity index is 0.00000220. The number of hydrogen-bond acceptors (Lipinski definition) is 5. The minimum atomic E-state index is -3.45. The maximum absolute atomic E-state index is 14.3. The third kappa shape index (κ3) is 3.66. The van der Waals surface area contributed by atoms with Crippen LogP contribution >= 0.6 is 18.9 Å². The van der Waals surface area contributed by atoms with Gasteiger partial charge in [0.2, 0.25) is 11.9 Å². The summed E-state index contributed by atoms with van der Waals surface area (Å²) in [4.78, 5) is 14.9. The van der Waals surface area contributed by atoms with Gasteiger partial charge in [0.05, 0.1) is 6.61 Å². The van der Waals surface area contributed by atoms with Crippen molar-refractivity contribution in [3.8, 4) is 0 Å². The van der Waals surface area contributed by atoms with Crippen molar-refractivity contribution >= 4 is 24.8 Å². The van der Waals surface area contributed by atoms with Gasteiger partial charge in [0.25, 0.3) is 0 Å². The van der Waals surface area contributed by atoms with E-state index in [1.807, 2.05) is 9.47 Å².